The molecule has 0 aromatic heterocycles. The van der Waals surface area contributed by atoms with E-state index in [9.17, 15) is 9.59 Å². The normalized spacial score (nSPS) is 12.4. The first kappa shape index (κ1) is 22.7. The monoisotopic (exact) mass is 394 g/mol. The van der Waals surface area contributed by atoms with Crippen LogP contribution in [0.5, 0.6) is 0 Å². The quantitative estimate of drug-likeness (QED) is 0.670. The number of carbonyl (C=O) groups excluding carboxylic acids is 2. The number of nitrogens with one attached hydrogen (secondary N) is 1. The molecule has 1 N–H and O–H groups in total. The van der Waals surface area contributed by atoms with Gasteiger partial charge in [0.2, 0.25) is 0 Å². The van der Waals surface area contributed by atoms with Crippen molar-refractivity contribution in [3.63, 3.8) is 0 Å². The van der Waals surface area contributed by atoms with E-state index in [1.54, 1.807) is 11.1 Å². The van der Waals surface area contributed by atoms with Gasteiger partial charge in [0.25, 0.3) is 11.8 Å². The van der Waals surface area contributed by atoms with Gasteiger partial charge < -0.3 is 0 Å². The summed E-state index contributed by atoms with van der Waals surface area (Å²) < 4.78 is 0. The molecule has 156 valence electrons. The van der Waals surface area contributed by atoms with Crippen molar-refractivity contribution >= 4 is 11.8 Å². The molecule has 2 aromatic rings. The van der Waals surface area contributed by atoms with Crippen LogP contribution < -0.4 is 5.43 Å². The zero-order valence-corrected chi connectivity index (χ0v) is 18.8. The molecule has 29 heavy (non-hydrogen) atoms. The molecule has 2 amide bonds. The van der Waals surface area contributed by atoms with Crippen LogP contribution in [0, 0.1) is 26.2 Å². The van der Waals surface area contributed by atoms with Crippen LogP contribution in [0.15, 0.2) is 42.5 Å². The van der Waals surface area contributed by atoms with Crippen LogP contribution in [0.3, 0.4) is 0 Å². The summed E-state index contributed by atoms with van der Waals surface area (Å²) in [6.07, 6.45) is 1.72. The highest BCUT2D eigenvalue weighted by molar-refractivity contribution is 5.99. The van der Waals surface area contributed by atoms with Gasteiger partial charge in [-0.1, -0.05) is 69.0 Å². The third-order valence-electron chi connectivity index (χ3n) is 5.06. The fraction of sp³-hybridized carbons (Fsp3) is 0.440. The summed E-state index contributed by atoms with van der Waals surface area (Å²) in [6, 6.07) is 13.1. The van der Waals surface area contributed by atoms with Crippen LogP contribution in [-0.4, -0.2) is 22.9 Å². The molecule has 1 atom stereocenters. The summed E-state index contributed by atoms with van der Waals surface area (Å²) in [4.78, 5) is 26.6. The molecular formula is C25H34N2O2. The van der Waals surface area contributed by atoms with Gasteiger partial charge in [-0.25, -0.2) is 5.01 Å². The Kier molecular flexibility index (Phi) is 7.23. The lowest BCUT2D eigenvalue weighted by Gasteiger charge is -2.40. The molecule has 0 aliphatic rings. The summed E-state index contributed by atoms with van der Waals surface area (Å²) in [5.41, 5.74) is 6.95. The maximum Gasteiger partial charge on any atom is 0.272 e. The van der Waals surface area contributed by atoms with E-state index in [0.717, 1.165) is 29.5 Å². The summed E-state index contributed by atoms with van der Waals surface area (Å²) in [5.74, 6) is -0.442. The molecule has 4 heteroatoms. The van der Waals surface area contributed by atoms with Gasteiger partial charge in [-0.2, -0.15) is 0 Å². The third kappa shape index (κ3) is 5.93. The number of benzene rings is 2. The minimum atomic E-state index is -0.267. The molecule has 0 unspecified atom stereocenters. The van der Waals surface area contributed by atoms with Gasteiger partial charge >= 0.3 is 0 Å². The summed E-state index contributed by atoms with van der Waals surface area (Å²) in [7, 11) is 0. The zero-order chi connectivity index (χ0) is 21.8. The molecule has 2 aromatic carbocycles. The predicted octanol–water partition coefficient (Wildman–Crippen LogP) is 5.61. The first-order chi connectivity index (χ1) is 13.5. The fourth-order valence-electron chi connectivity index (χ4n) is 3.69. The minimum Gasteiger partial charge on any atom is -0.267 e. The Hall–Kier alpha value is -2.62. The topological polar surface area (TPSA) is 49.4 Å². The predicted molar refractivity (Wildman–Crippen MR) is 119 cm³/mol. The highest BCUT2D eigenvalue weighted by atomic mass is 16.2. The maximum absolute atomic E-state index is 13.6. The van der Waals surface area contributed by atoms with E-state index < -0.39 is 0 Å². The standard InChI is InChI=1S/C25H34N2O2/c1-8-10-22(25(5,6)7)27(24(29)21-15-18(3)13-19(4)16-21)26-23(28)20-12-9-11-17(2)14-20/h9,11-16,22H,8,10H2,1-7H3,(H,26,28)/t22-/m1/s1. The van der Waals surface area contributed by atoms with Crippen LogP contribution in [0.1, 0.15) is 77.9 Å². The number of hydrazine groups is 1. The van der Waals surface area contributed by atoms with E-state index in [0.29, 0.717) is 11.1 Å². The lowest BCUT2D eigenvalue weighted by Crippen LogP contribution is -2.56. The van der Waals surface area contributed by atoms with Crippen molar-refractivity contribution in [3.8, 4) is 0 Å². The molecular weight excluding hydrogens is 360 g/mol. The number of aryl methyl sites for hydroxylation is 3. The largest absolute Gasteiger partial charge is 0.272 e. The van der Waals surface area contributed by atoms with E-state index in [1.165, 1.54) is 0 Å². The van der Waals surface area contributed by atoms with Gasteiger partial charge in [0, 0.05) is 11.1 Å². The second-order valence-corrected chi connectivity index (χ2v) is 9.03. The molecule has 0 saturated carbocycles. The average molecular weight is 395 g/mol. The van der Waals surface area contributed by atoms with Gasteiger partial charge in [-0.3, -0.25) is 15.0 Å². The lowest BCUT2D eigenvalue weighted by molar-refractivity contribution is 0.0271. The van der Waals surface area contributed by atoms with Crippen molar-refractivity contribution in [2.24, 2.45) is 5.41 Å². The van der Waals surface area contributed by atoms with Gasteiger partial charge in [-0.15, -0.1) is 0 Å². The average Bonchev–Trinajstić information content (AvgIpc) is 2.62. The Morgan fingerprint density at radius 2 is 1.52 bits per heavy atom. The van der Waals surface area contributed by atoms with Crippen molar-refractivity contribution in [1.82, 2.24) is 10.4 Å². The van der Waals surface area contributed by atoms with Crippen LogP contribution in [0.25, 0.3) is 0 Å². The maximum atomic E-state index is 13.6. The molecule has 0 spiro atoms. The zero-order valence-electron chi connectivity index (χ0n) is 18.8. The third-order valence-corrected chi connectivity index (χ3v) is 5.06. The van der Waals surface area contributed by atoms with Crippen molar-refractivity contribution in [1.29, 1.82) is 0 Å². The van der Waals surface area contributed by atoms with Gasteiger partial charge in [0.15, 0.2) is 0 Å². The number of carbonyl (C=O) groups is 2. The Balaban J connectivity index is 2.46. The van der Waals surface area contributed by atoms with Gasteiger partial charge in [-0.05, 0) is 56.9 Å². The van der Waals surface area contributed by atoms with E-state index in [-0.39, 0.29) is 23.3 Å². The number of rotatable bonds is 5. The number of hydrogen-bond acceptors (Lipinski definition) is 2. The first-order valence-corrected chi connectivity index (χ1v) is 10.3. The summed E-state index contributed by atoms with van der Waals surface area (Å²) in [5, 5.41) is 1.56. The number of nitrogens with zero attached hydrogens (tertiary/aromatic N) is 1. The molecule has 0 bridgehead atoms. The van der Waals surface area contributed by atoms with Crippen LogP contribution in [-0.2, 0) is 0 Å². The molecule has 2 rings (SSSR count). The first-order valence-electron chi connectivity index (χ1n) is 10.3. The summed E-state index contributed by atoms with van der Waals surface area (Å²) in [6.45, 7) is 14.3. The molecule has 0 fully saturated rings. The molecule has 4 nitrogen and oxygen atoms in total. The van der Waals surface area contributed by atoms with E-state index >= 15 is 0 Å². The Morgan fingerprint density at radius 3 is 2.03 bits per heavy atom. The minimum absolute atomic E-state index is 0.130. The summed E-state index contributed by atoms with van der Waals surface area (Å²) >= 11 is 0. The Morgan fingerprint density at radius 1 is 0.931 bits per heavy atom. The van der Waals surface area contributed by atoms with Gasteiger partial charge in [0.1, 0.15) is 0 Å². The molecule has 0 saturated heterocycles. The SMILES string of the molecule is CCC[C@@H](N(NC(=O)c1cccc(C)c1)C(=O)c1cc(C)cc(C)c1)C(C)(C)C. The lowest BCUT2D eigenvalue weighted by atomic mass is 9.83. The molecule has 0 radical (unpaired) electrons. The fourth-order valence-corrected chi connectivity index (χ4v) is 3.69. The van der Waals surface area contributed by atoms with Crippen LogP contribution >= 0.6 is 0 Å². The van der Waals surface area contributed by atoms with Crippen molar-refractivity contribution < 1.29 is 9.59 Å². The molecule has 0 heterocycles. The van der Waals surface area contributed by atoms with E-state index in [1.807, 2.05) is 57.2 Å². The van der Waals surface area contributed by atoms with Crippen LogP contribution in [0.2, 0.25) is 0 Å². The highest BCUT2D eigenvalue weighted by Gasteiger charge is 2.35. The van der Waals surface area contributed by atoms with Crippen molar-refractivity contribution in [3.05, 3.63) is 70.3 Å². The molecule has 0 aliphatic carbocycles. The number of amides is 2. The van der Waals surface area contributed by atoms with E-state index in [4.69, 9.17) is 0 Å². The Bertz CT molecular complexity index is 860. The van der Waals surface area contributed by atoms with E-state index in [2.05, 4.69) is 33.1 Å². The Labute approximate surface area is 175 Å². The number of hydrogen-bond donors (Lipinski definition) is 1. The smallest absolute Gasteiger partial charge is 0.267 e. The molecule has 0 aliphatic heterocycles. The van der Waals surface area contributed by atoms with Crippen molar-refractivity contribution in [2.45, 2.75) is 67.3 Å². The second-order valence-electron chi connectivity index (χ2n) is 9.03. The van der Waals surface area contributed by atoms with Gasteiger partial charge in [0.05, 0.1) is 6.04 Å². The van der Waals surface area contributed by atoms with Crippen LogP contribution in [0.4, 0.5) is 0 Å². The highest BCUT2D eigenvalue weighted by Crippen LogP contribution is 2.29. The second kappa shape index (κ2) is 9.25. The van der Waals surface area contributed by atoms with Crippen molar-refractivity contribution in [2.75, 3.05) is 0 Å².